The molecule has 0 atom stereocenters. The molecule has 0 aliphatic carbocycles. The number of amides is 1. The molecule has 0 aromatic carbocycles. The molecule has 0 fully saturated rings. The largest absolute Gasteiger partial charge is 0.322 e. The van der Waals surface area contributed by atoms with E-state index in [0.29, 0.717) is 16.4 Å². The Morgan fingerprint density at radius 2 is 2.29 bits per heavy atom. The lowest BCUT2D eigenvalue weighted by Crippen LogP contribution is -2.12. The summed E-state index contributed by atoms with van der Waals surface area (Å²) in [5.41, 5.74) is 1.96. The Balaban J connectivity index is 2.20. The van der Waals surface area contributed by atoms with Crippen LogP contribution in [0.5, 0.6) is 0 Å². The normalized spacial score (nSPS) is 10.3. The summed E-state index contributed by atoms with van der Waals surface area (Å²) in [4.78, 5) is 15.8. The maximum absolute atomic E-state index is 11.9. The number of hydrogen-bond acceptors (Lipinski definition) is 3. The van der Waals surface area contributed by atoms with E-state index in [1.807, 2.05) is 6.92 Å². The number of aromatic nitrogens is 3. The van der Waals surface area contributed by atoms with E-state index in [1.54, 1.807) is 23.9 Å². The van der Waals surface area contributed by atoms with Crippen LogP contribution in [0.4, 0.5) is 5.69 Å². The SMILES string of the molecule is Cc1c(C(=O)Nc2ccnc(Cl)c2)cnn1C. The number of nitrogens with one attached hydrogen (secondary N) is 1. The number of hydrogen-bond donors (Lipinski definition) is 1. The molecule has 0 saturated carbocycles. The fraction of sp³-hybridized carbons (Fsp3) is 0.182. The molecule has 6 heteroatoms. The van der Waals surface area contributed by atoms with E-state index in [4.69, 9.17) is 11.6 Å². The van der Waals surface area contributed by atoms with Crippen LogP contribution in [0.15, 0.2) is 24.5 Å². The van der Waals surface area contributed by atoms with Crippen molar-refractivity contribution in [2.45, 2.75) is 6.92 Å². The summed E-state index contributed by atoms with van der Waals surface area (Å²) >= 11 is 5.73. The minimum absolute atomic E-state index is 0.210. The molecule has 0 unspecified atom stereocenters. The van der Waals surface area contributed by atoms with Gasteiger partial charge in [0.2, 0.25) is 0 Å². The number of anilines is 1. The first-order valence-corrected chi connectivity index (χ1v) is 5.37. The van der Waals surface area contributed by atoms with Crippen LogP contribution in [0.2, 0.25) is 5.15 Å². The van der Waals surface area contributed by atoms with Gasteiger partial charge in [0.15, 0.2) is 0 Å². The summed E-state index contributed by atoms with van der Waals surface area (Å²) < 4.78 is 1.65. The second-order valence-corrected chi connectivity index (χ2v) is 3.98. The molecule has 17 heavy (non-hydrogen) atoms. The van der Waals surface area contributed by atoms with Gasteiger partial charge in [-0.15, -0.1) is 0 Å². The van der Waals surface area contributed by atoms with Crippen LogP contribution < -0.4 is 5.32 Å². The molecule has 0 radical (unpaired) electrons. The number of pyridine rings is 1. The van der Waals surface area contributed by atoms with Gasteiger partial charge in [0.1, 0.15) is 5.15 Å². The van der Waals surface area contributed by atoms with Crippen molar-refractivity contribution in [3.8, 4) is 0 Å². The van der Waals surface area contributed by atoms with Crippen molar-refractivity contribution in [2.24, 2.45) is 7.05 Å². The summed E-state index contributed by atoms with van der Waals surface area (Å²) in [6.45, 7) is 1.83. The molecular weight excluding hydrogens is 240 g/mol. The Kier molecular flexibility index (Phi) is 3.10. The highest BCUT2D eigenvalue weighted by atomic mass is 35.5. The number of rotatable bonds is 2. The molecule has 88 valence electrons. The highest BCUT2D eigenvalue weighted by Gasteiger charge is 2.12. The van der Waals surface area contributed by atoms with Crippen LogP contribution >= 0.6 is 11.6 Å². The zero-order valence-corrected chi connectivity index (χ0v) is 10.2. The average Bonchev–Trinajstić information content (AvgIpc) is 2.60. The van der Waals surface area contributed by atoms with Crippen LogP contribution in [0.25, 0.3) is 0 Å². The molecule has 1 amide bonds. The van der Waals surface area contributed by atoms with Gasteiger partial charge < -0.3 is 5.32 Å². The molecule has 1 N–H and O–H groups in total. The van der Waals surface area contributed by atoms with Gasteiger partial charge in [-0.1, -0.05) is 11.6 Å². The predicted molar refractivity (Wildman–Crippen MR) is 65.1 cm³/mol. The maximum atomic E-state index is 11.9. The van der Waals surface area contributed by atoms with Gasteiger partial charge in [0.05, 0.1) is 11.8 Å². The van der Waals surface area contributed by atoms with Crippen molar-refractivity contribution in [3.05, 3.63) is 40.9 Å². The van der Waals surface area contributed by atoms with Crippen molar-refractivity contribution in [3.63, 3.8) is 0 Å². The summed E-state index contributed by atoms with van der Waals surface area (Å²) in [7, 11) is 1.79. The predicted octanol–water partition coefficient (Wildman–Crippen LogP) is 2.03. The van der Waals surface area contributed by atoms with Gasteiger partial charge in [0, 0.05) is 24.6 Å². The summed E-state index contributed by atoms with van der Waals surface area (Å²) in [5, 5.41) is 7.09. The Morgan fingerprint density at radius 1 is 1.53 bits per heavy atom. The number of halogens is 1. The maximum Gasteiger partial charge on any atom is 0.259 e. The zero-order valence-electron chi connectivity index (χ0n) is 9.44. The molecule has 0 spiro atoms. The summed E-state index contributed by atoms with van der Waals surface area (Å²) in [5.74, 6) is -0.210. The molecule has 2 rings (SSSR count). The van der Waals surface area contributed by atoms with Crippen LogP contribution in [0.3, 0.4) is 0 Å². The topological polar surface area (TPSA) is 59.8 Å². The first-order valence-electron chi connectivity index (χ1n) is 4.99. The fourth-order valence-corrected chi connectivity index (χ4v) is 1.57. The van der Waals surface area contributed by atoms with E-state index in [2.05, 4.69) is 15.4 Å². The lowest BCUT2D eigenvalue weighted by atomic mass is 10.2. The molecule has 0 aliphatic heterocycles. The van der Waals surface area contributed by atoms with Gasteiger partial charge in [-0.05, 0) is 19.1 Å². The third kappa shape index (κ3) is 2.45. The number of aryl methyl sites for hydroxylation is 1. The quantitative estimate of drug-likeness (QED) is 0.830. The van der Waals surface area contributed by atoms with Crippen molar-refractivity contribution >= 4 is 23.2 Å². The van der Waals surface area contributed by atoms with Gasteiger partial charge in [-0.25, -0.2) is 4.98 Å². The van der Waals surface area contributed by atoms with Crippen molar-refractivity contribution in [2.75, 3.05) is 5.32 Å². The zero-order chi connectivity index (χ0) is 12.4. The summed E-state index contributed by atoms with van der Waals surface area (Å²) in [6.07, 6.45) is 3.07. The number of carbonyl (C=O) groups excluding carboxylic acids is 1. The highest BCUT2D eigenvalue weighted by molar-refractivity contribution is 6.29. The summed E-state index contributed by atoms with van der Waals surface area (Å²) in [6, 6.07) is 3.26. The number of carbonyl (C=O) groups is 1. The third-order valence-electron chi connectivity index (χ3n) is 2.46. The Bertz CT molecular complexity index is 564. The molecule has 0 saturated heterocycles. The van der Waals surface area contributed by atoms with E-state index in [-0.39, 0.29) is 5.91 Å². The van der Waals surface area contributed by atoms with Gasteiger partial charge in [-0.3, -0.25) is 9.48 Å². The third-order valence-corrected chi connectivity index (χ3v) is 2.67. The fourth-order valence-electron chi connectivity index (χ4n) is 1.40. The molecule has 2 aromatic rings. The molecule has 0 aliphatic rings. The Labute approximate surface area is 103 Å². The van der Waals surface area contributed by atoms with Crippen molar-refractivity contribution in [1.82, 2.24) is 14.8 Å². The molecule has 2 heterocycles. The lowest BCUT2D eigenvalue weighted by Gasteiger charge is -2.04. The van der Waals surface area contributed by atoms with E-state index >= 15 is 0 Å². The van der Waals surface area contributed by atoms with Crippen LogP contribution in [0.1, 0.15) is 16.1 Å². The van der Waals surface area contributed by atoms with Crippen LogP contribution in [-0.2, 0) is 7.05 Å². The van der Waals surface area contributed by atoms with Crippen molar-refractivity contribution in [1.29, 1.82) is 0 Å². The Morgan fingerprint density at radius 3 is 2.88 bits per heavy atom. The van der Waals surface area contributed by atoms with E-state index in [0.717, 1.165) is 5.69 Å². The van der Waals surface area contributed by atoms with E-state index in [9.17, 15) is 4.79 Å². The van der Waals surface area contributed by atoms with Gasteiger partial charge >= 0.3 is 0 Å². The lowest BCUT2D eigenvalue weighted by molar-refractivity contribution is 0.102. The second-order valence-electron chi connectivity index (χ2n) is 3.59. The monoisotopic (exact) mass is 250 g/mol. The minimum atomic E-state index is -0.210. The standard InChI is InChI=1S/C11H11ClN4O/c1-7-9(6-14-16(7)2)11(17)15-8-3-4-13-10(12)5-8/h3-6H,1-2H3,(H,13,15,17). The number of nitrogens with zero attached hydrogens (tertiary/aromatic N) is 3. The minimum Gasteiger partial charge on any atom is -0.322 e. The van der Waals surface area contributed by atoms with Crippen molar-refractivity contribution < 1.29 is 4.79 Å². The molecule has 0 bridgehead atoms. The van der Waals surface area contributed by atoms with Gasteiger partial charge in [0.25, 0.3) is 5.91 Å². The average molecular weight is 251 g/mol. The first kappa shape index (κ1) is 11.6. The van der Waals surface area contributed by atoms with Gasteiger partial charge in [-0.2, -0.15) is 5.10 Å². The van der Waals surface area contributed by atoms with E-state index < -0.39 is 0 Å². The molecule has 2 aromatic heterocycles. The highest BCUT2D eigenvalue weighted by Crippen LogP contribution is 2.14. The van der Waals surface area contributed by atoms with E-state index in [1.165, 1.54) is 12.4 Å². The Hall–Kier alpha value is -1.88. The second kappa shape index (κ2) is 4.55. The van der Waals surface area contributed by atoms with Crippen LogP contribution in [-0.4, -0.2) is 20.7 Å². The van der Waals surface area contributed by atoms with Crippen LogP contribution in [0, 0.1) is 6.92 Å². The molecule has 5 nitrogen and oxygen atoms in total. The smallest absolute Gasteiger partial charge is 0.259 e. The first-order chi connectivity index (χ1) is 8.08. The molecular formula is C11H11ClN4O.